The van der Waals surface area contributed by atoms with E-state index in [-0.39, 0.29) is 12.5 Å². The van der Waals surface area contributed by atoms with Crippen LogP contribution in [0, 0.1) is 0 Å². The number of para-hydroxylation sites is 1. The van der Waals surface area contributed by atoms with Crippen LogP contribution in [0.1, 0.15) is 12.5 Å². The molecule has 0 aromatic heterocycles. The number of nitrogens with one attached hydrogen (secondary N) is 2. The SMILES string of the molecule is CCNCC(=O)Nc1ccccc1/C=C/C=O. The number of hydrogen-bond donors (Lipinski definition) is 2. The van der Waals surface area contributed by atoms with Crippen molar-refractivity contribution in [3.8, 4) is 0 Å². The molecule has 0 atom stereocenters. The Hall–Kier alpha value is -1.94. The number of likely N-dealkylation sites (N-methyl/N-ethyl adjacent to an activating group) is 1. The van der Waals surface area contributed by atoms with E-state index in [9.17, 15) is 9.59 Å². The second kappa shape index (κ2) is 7.35. The Balaban J connectivity index is 2.72. The zero-order valence-electron chi connectivity index (χ0n) is 9.77. The summed E-state index contributed by atoms with van der Waals surface area (Å²) in [5.74, 6) is -0.0983. The highest BCUT2D eigenvalue weighted by atomic mass is 16.1. The maximum absolute atomic E-state index is 11.5. The smallest absolute Gasteiger partial charge is 0.238 e. The Morgan fingerprint density at radius 3 is 2.82 bits per heavy atom. The lowest BCUT2D eigenvalue weighted by atomic mass is 10.1. The van der Waals surface area contributed by atoms with Gasteiger partial charge in [0.1, 0.15) is 6.29 Å². The predicted octanol–water partition coefficient (Wildman–Crippen LogP) is 1.45. The van der Waals surface area contributed by atoms with Crippen LogP contribution in [0.4, 0.5) is 5.69 Å². The summed E-state index contributed by atoms with van der Waals surface area (Å²) in [7, 11) is 0. The first-order chi connectivity index (χ1) is 8.27. The summed E-state index contributed by atoms with van der Waals surface area (Å²) >= 11 is 0. The molecule has 0 bridgehead atoms. The van der Waals surface area contributed by atoms with E-state index in [0.29, 0.717) is 12.0 Å². The fraction of sp³-hybridized carbons (Fsp3) is 0.231. The van der Waals surface area contributed by atoms with Crippen molar-refractivity contribution in [3.05, 3.63) is 35.9 Å². The van der Waals surface area contributed by atoms with Crippen LogP contribution in [0.3, 0.4) is 0 Å². The number of benzene rings is 1. The monoisotopic (exact) mass is 232 g/mol. The number of amides is 1. The van der Waals surface area contributed by atoms with Crippen molar-refractivity contribution >= 4 is 24.0 Å². The third-order valence-electron chi connectivity index (χ3n) is 2.12. The van der Waals surface area contributed by atoms with E-state index in [4.69, 9.17) is 0 Å². The van der Waals surface area contributed by atoms with Crippen molar-refractivity contribution in [3.63, 3.8) is 0 Å². The molecule has 0 unspecified atom stereocenters. The Morgan fingerprint density at radius 2 is 2.12 bits per heavy atom. The summed E-state index contributed by atoms with van der Waals surface area (Å²) < 4.78 is 0. The highest BCUT2D eigenvalue weighted by Gasteiger charge is 2.03. The van der Waals surface area contributed by atoms with Gasteiger partial charge in [-0.05, 0) is 30.3 Å². The van der Waals surface area contributed by atoms with E-state index in [2.05, 4.69) is 10.6 Å². The average molecular weight is 232 g/mol. The second-order valence-electron chi connectivity index (χ2n) is 3.41. The van der Waals surface area contributed by atoms with Crippen LogP contribution in [-0.2, 0) is 9.59 Å². The molecule has 0 saturated carbocycles. The number of carbonyl (C=O) groups excluding carboxylic acids is 2. The third kappa shape index (κ3) is 4.61. The molecule has 0 aliphatic carbocycles. The molecule has 0 aliphatic rings. The lowest BCUT2D eigenvalue weighted by Gasteiger charge is -2.08. The minimum Gasteiger partial charge on any atom is -0.324 e. The maximum atomic E-state index is 11.5. The van der Waals surface area contributed by atoms with Crippen LogP contribution in [0.5, 0.6) is 0 Å². The summed E-state index contributed by atoms with van der Waals surface area (Å²) in [6, 6.07) is 7.32. The summed E-state index contributed by atoms with van der Waals surface area (Å²) in [4.78, 5) is 21.8. The van der Waals surface area contributed by atoms with Gasteiger partial charge in [-0.15, -0.1) is 0 Å². The standard InChI is InChI=1S/C13H16N2O2/c1-2-14-10-13(17)15-12-8-4-3-6-11(12)7-5-9-16/h3-9,14H,2,10H2,1H3,(H,15,17)/b7-5+. The lowest BCUT2D eigenvalue weighted by Crippen LogP contribution is -2.27. The van der Waals surface area contributed by atoms with E-state index in [1.54, 1.807) is 12.1 Å². The number of rotatable bonds is 6. The molecule has 4 nitrogen and oxygen atoms in total. The number of aldehydes is 1. The van der Waals surface area contributed by atoms with Gasteiger partial charge in [-0.2, -0.15) is 0 Å². The summed E-state index contributed by atoms with van der Waals surface area (Å²) in [6.07, 6.45) is 3.77. The zero-order valence-corrected chi connectivity index (χ0v) is 9.77. The molecule has 0 fully saturated rings. The first kappa shape index (κ1) is 13.1. The van der Waals surface area contributed by atoms with Gasteiger partial charge in [-0.1, -0.05) is 25.1 Å². The molecular weight excluding hydrogens is 216 g/mol. The quantitative estimate of drug-likeness (QED) is 0.576. The van der Waals surface area contributed by atoms with E-state index in [1.807, 2.05) is 25.1 Å². The minimum absolute atomic E-state index is 0.0983. The van der Waals surface area contributed by atoms with Crippen LogP contribution < -0.4 is 10.6 Å². The van der Waals surface area contributed by atoms with Crippen molar-refractivity contribution in [1.29, 1.82) is 0 Å². The Bertz CT molecular complexity index is 414. The van der Waals surface area contributed by atoms with Crippen LogP contribution in [0.2, 0.25) is 0 Å². The molecule has 0 saturated heterocycles. The molecule has 0 radical (unpaired) electrons. The van der Waals surface area contributed by atoms with Crippen molar-refractivity contribution in [2.24, 2.45) is 0 Å². The third-order valence-corrected chi connectivity index (χ3v) is 2.12. The van der Waals surface area contributed by atoms with Gasteiger partial charge in [-0.3, -0.25) is 9.59 Å². The first-order valence-electron chi connectivity index (χ1n) is 5.49. The molecule has 4 heteroatoms. The Labute approximate surface area is 101 Å². The maximum Gasteiger partial charge on any atom is 0.238 e. The van der Waals surface area contributed by atoms with Crippen LogP contribution >= 0.6 is 0 Å². The molecule has 1 aromatic carbocycles. The van der Waals surface area contributed by atoms with Crippen LogP contribution in [-0.4, -0.2) is 25.3 Å². The van der Waals surface area contributed by atoms with Gasteiger partial charge in [0, 0.05) is 5.69 Å². The lowest BCUT2D eigenvalue weighted by molar-refractivity contribution is -0.115. The number of allylic oxidation sites excluding steroid dienone is 1. The Kier molecular flexibility index (Phi) is 5.68. The summed E-state index contributed by atoms with van der Waals surface area (Å²) in [6.45, 7) is 2.97. The van der Waals surface area contributed by atoms with E-state index >= 15 is 0 Å². The van der Waals surface area contributed by atoms with Gasteiger partial charge >= 0.3 is 0 Å². The minimum atomic E-state index is -0.0983. The van der Waals surface area contributed by atoms with Gasteiger partial charge in [0.05, 0.1) is 6.54 Å². The molecule has 17 heavy (non-hydrogen) atoms. The molecule has 1 aromatic rings. The largest absolute Gasteiger partial charge is 0.324 e. The fourth-order valence-electron chi connectivity index (χ4n) is 1.33. The first-order valence-corrected chi connectivity index (χ1v) is 5.49. The van der Waals surface area contributed by atoms with Gasteiger partial charge in [-0.25, -0.2) is 0 Å². The second-order valence-corrected chi connectivity index (χ2v) is 3.41. The summed E-state index contributed by atoms with van der Waals surface area (Å²) in [5, 5.41) is 5.73. The van der Waals surface area contributed by atoms with Crippen molar-refractivity contribution in [2.45, 2.75) is 6.92 Å². The molecule has 2 N–H and O–H groups in total. The number of anilines is 1. The molecule has 0 aliphatic heterocycles. The van der Waals surface area contributed by atoms with Crippen molar-refractivity contribution < 1.29 is 9.59 Å². The highest BCUT2D eigenvalue weighted by molar-refractivity contribution is 5.94. The van der Waals surface area contributed by atoms with Gasteiger partial charge in [0.15, 0.2) is 0 Å². The van der Waals surface area contributed by atoms with Crippen molar-refractivity contribution in [2.75, 3.05) is 18.4 Å². The average Bonchev–Trinajstić information content (AvgIpc) is 2.35. The Morgan fingerprint density at radius 1 is 1.35 bits per heavy atom. The fourth-order valence-corrected chi connectivity index (χ4v) is 1.33. The normalized spacial score (nSPS) is 10.4. The number of carbonyl (C=O) groups is 2. The van der Waals surface area contributed by atoms with E-state index in [1.165, 1.54) is 6.08 Å². The topological polar surface area (TPSA) is 58.2 Å². The molecule has 1 amide bonds. The van der Waals surface area contributed by atoms with Crippen LogP contribution in [0.15, 0.2) is 30.3 Å². The highest BCUT2D eigenvalue weighted by Crippen LogP contribution is 2.16. The molecule has 0 spiro atoms. The van der Waals surface area contributed by atoms with E-state index < -0.39 is 0 Å². The number of hydrogen-bond acceptors (Lipinski definition) is 3. The van der Waals surface area contributed by atoms with Gasteiger partial charge in [0.2, 0.25) is 5.91 Å². The van der Waals surface area contributed by atoms with Gasteiger partial charge in [0.25, 0.3) is 0 Å². The zero-order chi connectivity index (χ0) is 12.5. The molecular formula is C13H16N2O2. The predicted molar refractivity (Wildman–Crippen MR) is 68.7 cm³/mol. The van der Waals surface area contributed by atoms with Crippen LogP contribution in [0.25, 0.3) is 6.08 Å². The van der Waals surface area contributed by atoms with Gasteiger partial charge < -0.3 is 10.6 Å². The molecule has 1 rings (SSSR count). The van der Waals surface area contributed by atoms with Crippen molar-refractivity contribution in [1.82, 2.24) is 5.32 Å². The van der Waals surface area contributed by atoms with E-state index in [0.717, 1.165) is 12.1 Å². The molecule has 0 heterocycles. The summed E-state index contributed by atoms with van der Waals surface area (Å²) in [5.41, 5.74) is 1.51. The molecule has 90 valence electrons.